The molecule has 0 spiro atoms. The molecule has 0 radical (unpaired) electrons. The molecule has 4 N–H and O–H groups in total. The highest BCUT2D eigenvalue weighted by atomic mass is 32.2. The number of hydrogen-bond donors (Lipinski definition) is 3. The molecule has 6 heteroatoms. The summed E-state index contributed by atoms with van der Waals surface area (Å²) in [7, 11) is 0. The van der Waals surface area contributed by atoms with Crippen LogP contribution >= 0.6 is 11.8 Å². The number of aliphatic hydroxyl groups is 1. The minimum atomic E-state index is -0.712. The number of primary amides is 1. The number of likely N-dealkylation sites (tertiary alicyclic amines) is 1. The fourth-order valence-electron chi connectivity index (χ4n) is 3.80. The summed E-state index contributed by atoms with van der Waals surface area (Å²) in [5, 5.41) is 13.1. The Bertz CT molecular complexity index is 540. The van der Waals surface area contributed by atoms with Crippen LogP contribution in [0.15, 0.2) is 30.3 Å². The summed E-state index contributed by atoms with van der Waals surface area (Å²) in [4.78, 5) is 14.0. The van der Waals surface area contributed by atoms with Gasteiger partial charge >= 0.3 is 0 Å². The number of benzene rings is 1. The molecular formula is C18H27N3O2S. The van der Waals surface area contributed by atoms with Crippen LogP contribution in [0.25, 0.3) is 0 Å². The van der Waals surface area contributed by atoms with Crippen molar-refractivity contribution in [3.8, 4) is 0 Å². The second-order valence-electron chi connectivity index (χ2n) is 6.70. The monoisotopic (exact) mass is 349 g/mol. The van der Waals surface area contributed by atoms with Crippen LogP contribution in [0.3, 0.4) is 0 Å². The average Bonchev–Trinajstić information content (AvgIpc) is 3.09. The number of carbonyl (C=O) groups is 1. The molecule has 24 heavy (non-hydrogen) atoms. The molecule has 1 aromatic rings. The number of nitrogens with two attached hydrogens (primary N) is 1. The highest BCUT2D eigenvalue weighted by Crippen LogP contribution is 2.42. The van der Waals surface area contributed by atoms with Crippen LogP contribution in [-0.2, 0) is 4.79 Å². The minimum absolute atomic E-state index is 0.0514. The van der Waals surface area contributed by atoms with Gasteiger partial charge in [0.05, 0.1) is 6.10 Å². The van der Waals surface area contributed by atoms with Crippen LogP contribution in [0.5, 0.6) is 0 Å². The Balaban J connectivity index is 1.76. The van der Waals surface area contributed by atoms with Crippen molar-refractivity contribution in [1.29, 1.82) is 0 Å². The summed E-state index contributed by atoms with van der Waals surface area (Å²) in [6.07, 6.45) is 2.40. The molecule has 0 bridgehead atoms. The Hall–Kier alpha value is -1.08. The number of piperidine rings is 1. The van der Waals surface area contributed by atoms with Gasteiger partial charge in [0.2, 0.25) is 5.91 Å². The zero-order chi connectivity index (χ0) is 17.0. The van der Waals surface area contributed by atoms with Crippen molar-refractivity contribution >= 4 is 17.7 Å². The maximum atomic E-state index is 12.3. The van der Waals surface area contributed by atoms with E-state index in [4.69, 9.17) is 5.73 Å². The largest absolute Gasteiger partial charge is 0.393 e. The summed E-state index contributed by atoms with van der Waals surface area (Å²) < 4.78 is 0. The van der Waals surface area contributed by atoms with Gasteiger partial charge in [-0.1, -0.05) is 30.3 Å². The summed E-state index contributed by atoms with van der Waals surface area (Å²) in [6.45, 7) is 3.58. The molecule has 2 aliphatic heterocycles. The van der Waals surface area contributed by atoms with E-state index in [-0.39, 0.29) is 17.9 Å². The highest BCUT2D eigenvalue weighted by Gasteiger charge is 2.47. The number of aliphatic hydroxyl groups excluding tert-OH is 1. The molecule has 1 aromatic carbocycles. The summed E-state index contributed by atoms with van der Waals surface area (Å²) >= 11 is 1.64. The Morgan fingerprint density at radius 2 is 2.08 bits per heavy atom. The fraction of sp³-hybridized carbons (Fsp3) is 0.611. The number of amides is 1. The summed E-state index contributed by atoms with van der Waals surface area (Å²) in [6, 6.07) is 10.2. The van der Waals surface area contributed by atoms with Gasteiger partial charge in [-0.2, -0.15) is 0 Å². The Morgan fingerprint density at radius 1 is 1.38 bits per heavy atom. The van der Waals surface area contributed by atoms with Crippen LogP contribution in [-0.4, -0.2) is 58.8 Å². The first-order valence-corrected chi connectivity index (χ1v) is 9.74. The second kappa shape index (κ2) is 7.87. The lowest BCUT2D eigenvalue weighted by molar-refractivity contribution is -0.121. The zero-order valence-electron chi connectivity index (χ0n) is 14.0. The van der Waals surface area contributed by atoms with Gasteiger partial charge in [-0.3, -0.25) is 10.1 Å². The van der Waals surface area contributed by atoms with Crippen molar-refractivity contribution < 1.29 is 9.90 Å². The molecule has 5 nitrogen and oxygen atoms in total. The smallest absolute Gasteiger partial charge is 0.248 e. The zero-order valence-corrected chi connectivity index (χ0v) is 14.8. The number of hydrogen-bond acceptors (Lipinski definition) is 5. The molecule has 3 rings (SSSR count). The lowest BCUT2D eigenvalue weighted by Gasteiger charge is -2.37. The van der Waals surface area contributed by atoms with E-state index < -0.39 is 4.87 Å². The molecule has 0 saturated carbocycles. The van der Waals surface area contributed by atoms with Gasteiger partial charge in [-0.15, -0.1) is 11.8 Å². The van der Waals surface area contributed by atoms with E-state index in [0.29, 0.717) is 0 Å². The van der Waals surface area contributed by atoms with Crippen LogP contribution in [0.2, 0.25) is 0 Å². The first-order chi connectivity index (χ1) is 11.6. The Labute approximate surface area is 148 Å². The molecule has 0 aromatic heterocycles. The number of nitrogens with one attached hydrogen (secondary N) is 1. The predicted octanol–water partition coefficient (Wildman–Crippen LogP) is 1.14. The molecule has 2 heterocycles. The van der Waals surface area contributed by atoms with Crippen LogP contribution < -0.4 is 11.1 Å². The molecule has 2 atom stereocenters. The highest BCUT2D eigenvalue weighted by molar-refractivity contribution is 8.01. The second-order valence-corrected chi connectivity index (χ2v) is 8.04. The first kappa shape index (κ1) is 17.7. The summed E-state index contributed by atoms with van der Waals surface area (Å²) in [5.41, 5.74) is 6.99. The van der Waals surface area contributed by atoms with Gasteiger partial charge in [-0.25, -0.2) is 0 Å². The van der Waals surface area contributed by atoms with E-state index in [0.717, 1.165) is 56.8 Å². The molecule has 132 valence electrons. The predicted molar refractivity (Wildman–Crippen MR) is 97.9 cm³/mol. The van der Waals surface area contributed by atoms with Crippen molar-refractivity contribution in [3.05, 3.63) is 35.9 Å². The molecule has 1 amide bonds. The number of rotatable bonds is 6. The molecule has 0 aliphatic carbocycles. The van der Waals surface area contributed by atoms with E-state index in [1.54, 1.807) is 11.8 Å². The number of nitrogens with zero attached hydrogens (tertiary/aromatic N) is 1. The molecular weight excluding hydrogens is 322 g/mol. The standard InChI is InChI=1S/C18H27N3O2S/c19-17(23)18(20-9-13-24-18)16(14-4-2-1-3-5-14)8-12-21-10-6-15(22)7-11-21/h1-5,15-16,20,22H,6-13H2,(H2,19,23). The number of carbonyl (C=O) groups excluding carboxylic acids is 1. The first-order valence-electron chi connectivity index (χ1n) is 8.76. The summed E-state index contributed by atoms with van der Waals surface area (Å²) in [5.74, 6) is 0.686. The quantitative estimate of drug-likeness (QED) is 0.718. The van der Waals surface area contributed by atoms with E-state index in [1.807, 2.05) is 18.2 Å². The maximum absolute atomic E-state index is 12.3. The Kier molecular flexibility index (Phi) is 5.81. The van der Waals surface area contributed by atoms with Gasteiger partial charge in [0, 0.05) is 31.3 Å². The van der Waals surface area contributed by atoms with Gasteiger partial charge < -0.3 is 15.7 Å². The average molecular weight is 350 g/mol. The van der Waals surface area contributed by atoms with Crippen molar-refractivity contribution in [2.24, 2.45) is 5.73 Å². The van der Waals surface area contributed by atoms with Crippen molar-refractivity contribution in [2.45, 2.75) is 36.2 Å². The van der Waals surface area contributed by atoms with Gasteiger partial charge in [0.25, 0.3) is 0 Å². The number of thioether (sulfide) groups is 1. The van der Waals surface area contributed by atoms with E-state index in [9.17, 15) is 9.90 Å². The lowest BCUT2D eigenvalue weighted by atomic mass is 9.87. The SMILES string of the molecule is NC(=O)C1(C(CCN2CCC(O)CC2)c2ccccc2)NCCS1. The van der Waals surface area contributed by atoms with Gasteiger partial charge in [0.15, 0.2) is 4.87 Å². The third-order valence-corrected chi connectivity index (χ3v) is 6.66. The van der Waals surface area contributed by atoms with Crippen molar-refractivity contribution in [2.75, 3.05) is 31.9 Å². The molecule has 2 saturated heterocycles. The van der Waals surface area contributed by atoms with Crippen LogP contribution in [0.1, 0.15) is 30.7 Å². The van der Waals surface area contributed by atoms with E-state index in [1.165, 1.54) is 0 Å². The molecule has 2 fully saturated rings. The van der Waals surface area contributed by atoms with Gasteiger partial charge in [0.1, 0.15) is 0 Å². The van der Waals surface area contributed by atoms with Crippen molar-refractivity contribution in [3.63, 3.8) is 0 Å². The van der Waals surface area contributed by atoms with E-state index in [2.05, 4.69) is 22.3 Å². The van der Waals surface area contributed by atoms with Crippen LogP contribution in [0.4, 0.5) is 0 Å². The lowest BCUT2D eigenvalue weighted by Crippen LogP contribution is -2.54. The Morgan fingerprint density at radius 3 is 2.67 bits per heavy atom. The minimum Gasteiger partial charge on any atom is -0.393 e. The normalized spacial score (nSPS) is 27.2. The maximum Gasteiger partial charge on any atom is 0.248 e. The van der Waals surface area contributed by atoms with Crippen molar-refractivity contribution in [1.82, 2.24) is 10.2 Å². The fourth-order valence-corrected chi connectivity index (χ4v) is 5.13. The molecule has 2 aliphatic rings. The topological polar surface area (TPSA) is 78.6 Å². The van der Waals surface area contributed by atoms with Crippen LogP contribution in [0, 0.1) is 0 Å². The van der Waals surface area contributed by atoms with E-state index >= 15 is 0 Å². The third-order valence-electron chi connectivity index (χ3n) is 5.17. The molecule has 2 unspecified atom stereocenters. The van der Waals surface area contributed by atoms with Gasteiger partial charge in [-0.05, 0) is 31.4 Å². The third kappa shape index (κ3) is 3.77.